The van der Waals surface area contributed by atoms with E-state index >= 15 is 0 Å². The zero-order valence-electron chi connectivity index (χ0n) is 11.5. The van der Waals surface area contributed by atoms with Crippen LogP contribution in [0.1, 0.15) is 12.6 Å². The van der Waals surface area contributed by atoms with E-state index in [0.29, 0.717) is 6.54 Å². The molecule has 0 aromatic carbocycles. The fourth-order valence-corrected chi connectivity index (χ4v) is 2.22. The van der Waals surface area contributed by atoms with Crippen LogP contribution >= 0.6 is 0 Å². The molecule has 0 aliphatic carbocycles. The molecule has 1 aromatic heterocycles. The predicted octanol–water partition coefficient (Wildman–Crippen LogP) is 0.335. The summed E-state index contributed by atoms with van der Waals surface area (Å²) < 4.78 is 0. The highest BCUT2D eigenvalue weighted by Crippen LogP contribution is 2.06. The fraction of sp³-hybridized carbons (Fsp3) is 0.571. The Morgan fingerprint density at radius 2 is 2.11 bits per heavy atom. The second-order valence-electron chi connectivity index (χ2n) is 4.76. The van der Waals surface area contributed by atoms with E-state index in [1.54, 1.807) is 0 Å². The minimum Gasteiger partial charge on any atom is -0.339 e. The molecule has 0 unspecified atom stereocenters. The summed E-state index contributed by atoms with van der Waals surface area (Å²) in [5.74, 6) is 0.208. The van der Waals surface area contributed by atoms with Crippen LogP contribution in [0.25, 0.3) is 0 Å². The van der Waals surface area contributed by atoms with Crippen molar-refractivity contribution in [3.05, 3.63) is 30.1 Å². The number of carbonyl (C=O) groups excluding carboxylic acids is 1. The fourth-order valence-electron chi connectivity index (χ4n) is 2.22. The molecule has 19 heavy (non-hydrogen) atoms. The van der Waals surface area contributed by atoms with Crippen LogP contribution in [0.3, 0.4) is 0 Å². The number of pyridine rings is 1. The van der Waals surface area contributed by atoms with Crippen molar-refractivity contribution in [2.24, 2.45) is 0 Å². The molecule has 2 heterocycles. The number of piperazine rings is 1. The summed E-state index contributed by atoms with van der Waals surface area (Å²) in [4.78, 5) is 20.5. The van der Waals surface area contributed by atoms with Gasteiger partial charge < -0.3 is 10.2 Å². The van der Waals surface area contributed by atoms with Gasteiger partial charge in [-0.2, -0.15) is 0 Å². The van der Waals surface area contributed by atoms with Gasteiger partial charge in [0.25, 0.3) is 0 Å². The highest BCUT2D eigenvalue weighted by molar-refractivity contribution is 5.78. The van der Waals surface area contributed by atoms with Crippen LogP contribution in [0.5, 0.6) is 0 Å². The van der Waals surface area contributed by atoms with E-state index in [9.17, 15) is 4.79 Å². The number of likely N-dealkylation sites (N-methyl/N-ethyl adjacent to an activating group) is 1. The van der Waals surface area contributed by atoms with Crippen molar-refractivity contribution in [2.75, 3.05) is 39.3 Å². The quantitative estimate of drug-likeness (QED) is 0.831. The Bertz CT molecular complexity index is 388. The standard InChI is InChI=1S/C14H22N4O/c1-2-15-11-14(19)18-9-7-17(8-10-18)12-13-5-3-4-6-16-13/h3-6,15H,2,7-12H2,1H3. The molecular formula is C14H22N4O. The molecule has 1 fully saturated rings. The molecule has 1 aromatic rings. The first-order valence-electron chi connectivity index (χ1n) is 6.90. The third kappa shape index (κ3) is 4.29. The largest absolute Gasteiger partial charge is 0.339 e. The molecule has 2 rings (SSSR count). The van der Waals surface area contributed by atoms with Crippen molar-refractivity contribution in [1.82, 2.24) is 20.1 Å². The summed E-state index contributed by atoms with van der Waals surface area (Å²) in [7, 11) is 0. The maximum Gasteiger partial charge on any atom is 0.236 e. The third-order valence-electron chi connectivity index (χ3n) is 3.36. The topological polar surface area (TPSA) is 48.5 Å². The van der Waals surface area contributed by atoms with Crippen molar-refractivity contribution < 1.29 is 4.79 Å². The van der Waals surface area contributed by atoms with E-state index in [0.717, 1.165) is 45.0 Å². The maximum absolute atomic E-state index is 11.9. The molecule has 104 valence electrons. The Balaban J connectivity index is 1.75. The number of carbonyl (C=O) groups is 1. The van der Waals surface area contributed by atoms with Gasteiger partial charge >= 0.3 is 0 Å². The Labute approximate surface area is 114 Å². The lowest BCUT2D eigenvalue weighted by Crippen LogP contribution is -2.50. The summed E-state index contributed by atoms with van der Waals surface area (Å²) >= 11 is 0. The van der Waals surface area contributed by atoms with E-state index in [2.05, 4.69) is 15.2 Å². The molecular weight excluding hydrogens is 240 g/mol. The number of amides is 1. The zero-order valence-corrected chi connectivity index (χ0v) is 11.5. The number of hydrogen-bond acceptors (Lipinski definition) is 4. The summed E-state index contributed by atoms with van der Waals surface area (Å²) in [6.45, 7) is 7.66. The van der Waals surface area contributed by atoms with Crippen LogP contribution < -0.4 is 5.32 Å². The molecule has 0 radical (unpaired) electrons. The summed E-state index contributed by atoms with van der Waals surface area (Å²) in [5.41, 5.74) is 1.09. The van der Waals surface area contributed by atoms with Crippen molar-refractivity contribution in [2.45, 2.75) is 13.5 Å². The summed E-state index contributed by atoms with van der Waals surface area (Å²) in [6, 6.07) is 5.99. The van der Waals surface area contributed by atoms with Crippen LogP contribution in [0.15, 0.2) is 24.4 Å². The van der Waals surface area contributed by atoms with Gasteiger partial charge in [-0.15, -0.1) is 0 Å². The van der Waals surface area contributed by atoms with E-state index in [4.69, 9.17) is 0 Å². The van der Waals surface area contributed by atoms with Gasteiger partial charge in [-0.1, -0.05) is 13.0 Å². The van der Waals surface area contributed by atoms with Gasteiger partial charge in [0.05, 0.1) is 12.2 Å². The van der Waals surface area contributed by atoms with Crippen LogP contribution in [0.4, 0.5) is 0 Å². The first-order valence-corrected chi connectivity index (χ1v) is 6.90. The van der Waals surface area contributed by atoms with Crippen LogP contribution in [0.2, 0.25) is 0 Å². The normalized spacial score (nSPS) is 16.6. The molecule has 0 bridgehead atoms. The average molecular weight is 262 g/mol. The molecule has 1 amide bonds. The van der Waals surface area contributed by atoms with Gasteiger partial charge in [-0.05, 0) is 18.7 Å². The zero-order chi connectivity index (χ0) is 13.5. The second-order valence-corrected chi connectivity index (χ2v) is 4.76. The first kappa shape index (κ1) is 14.0. The van der Waals surface area contributed by atoms with E-state index in [-0.39, 0.29) is 5.91 Å². The van der Waals surface area contributed by atoms with Gasteiger partial charge in [0, 0.05) is 38.9 Å². The van der Waals surface area contributed by atoms with E-state index in [1.807, 2.05) is 36.2 Å². The van der Waals surface area contributed by atoms with Gasteiger partial charge in [0.1, 0.15) is 0 Å². The van der Waals surface area contributed by atoms with Crippen LogP contribution in [-0.4, -0.2) is 60.0 Å². The van der Waals surface area contributed by atoms with E-state index in [1.165, 1.54) is 0 Å². The molecule has 5 nitrogen and oxygen atoms in total. The minimum absolute atomic E-state index is 0.208. The van der Waals surface area contributed by atoms with E-state index < -0.39 is 0 Å². The monoisotopic (exact) mass is 262 g/mol. The minimum atomic E-state index is 0.208. The van der Waals surface area contributed by atoms with Gasteiger partial charge in [0.15, 0.2) is 0 Å². The van der Waals surface area contributed by atoms with Crippen molar-refractivity contribution in [3.63, 3.8) is 0 Å². The molecule has 0 saturated carbocycles. The second kappa shape index (κ2) is 7.21. The Morgan fingerprint density at radius 1 is 1.32 bits per heavy atom. The lowest BCUT2D eigenvalue weighted by Gasteiger charge is -2.34. The predicted molar refractivity (Wildman–Crippen MR) is 74.6 cm³/mol. The average Bonchev–Trinajstić information content (AvgIpc) is 2.46. The molecule has 5 heteroatoms. The SMILES string of the molecule is CCNCC(=O)N1CCN(Cc2ccccn2)CC1. The molecule has 1 aliphatic rings. The Kier molecular flexibility index (Phi) is 5.30. The molecule has 0 spiro atoms. The number of aromatic nitrogens is 1. The van der Waals surface area contributed by atoms with Crippen LogP contribution in [0, 0.1) is 0 Å². The van der Waals surface area contributed by atoms with Crippen molar-refractivity contribution >= 4 is 5.91 Å². The molecule has 1 saturated heterocycles. The van der Waals surface area contributed by atoms with Crippen LogP contribution in [-0.2, 0) is 11.3 Å². The summed E-state index contributed by atoms with van der Waals surface area (Å²) in [6.07, 6.45) is 1.82. The molecule has 1 aliphatic heterocycles. The molecule has 1 N–H and O–H groups in total. The lowest BCUT2D eigenvalue weighted by atomic mass is 10.2. The molecule has 0 atom stereocenters. The first-order chi connectivity index (χ1) is 9.29. The summed E-state index contributed by atoms with van der Waals surface area (Å²) in [5, 5.41) is 3.08. The van der Waals surface area contributed by atoms with Crippen molar-refractivity contribution in [1.29, 1.82) is 0 Å². The lowest BCUT2D eigenvalue weighted by molar-refractivity contribution is -0.132. The van der Waals surface area contributed by atoms with Gasteiger partial charge in [-0.3, -0.25) is 14.7 Å². The van der Waals surface area contributed by atoms with Gasteiger partial charge in [-0.25, -0.2) is 0 Å². The Morgan fingerprint density at radius 3 is 2.74 bits per heavy atom. The highest BCUT2D eigenvalue weighted by atomic mass is 16.2. The number of nitrogens with zero attached hydrogens (tertiary/aromatic N) is 3. The van der Waals surface area contributed by atoms with Gasteiger partial charge in [0.2, 0.25) is 5.91 Å². The number of rotatable bonds is 5. The number of hydrogen-bond donors (Lipinski definition) is 1. The number of nitrogens with one attached hydrogen (secondary N) is 1. The third-order valence-corrected chi connectivity index (χ3v) is 3.36. The highest BCUT2D eigenvalue weighted by Gasteiger charge is 2.20. The smallest absolute Gasteiger partial charge is 0.236 e. The Hall–Kier alpha value is -1.46. The maximum atomic E-state index is 11.9. The van der Waals surface area contributed by atoms with Crippen molar-refractivity contribution in [3.8, 4) is 0 Å².